The third-order valence-corrected chi connectivity index (χ3v) is 3.08. The maximum Gasteiger partial charge on any atom is 0.230 e. The second-order valence-electron chi connectivity index (χ2n) is 4.32. The van der Waals surface area contributed by atoms with E-state index < -0.39 is 0 Å². The van der Waals surface area contributed by atoms with Crippen LogP contribution in [0.25, 0.3) is 0 Å². The number of carbonyl (C=O) groups is 1. The molecule has 3 N–H and O–H groups in total. The lowest BCUT2D eigenvalue weighted by Crippen LogP contribution is -2.40. The molecule has 0 spiro atoms. The summed E-state index contributed by atoms with van der Waals surface area (Å²) in [5.74, 6) is -0.145. The molecule has 104 valence electrons. The van der Waals surface area contributed by atoms with Gasteiger partial charge in [-0.15, -0.1) is 0 Å². The van der Waals surface area contributed by atoms with Crippen molar-refractivity contribution in [3.05, 3.63) is 35.9 Å². The van der Waals surface area contributed by atoms with E-state index in [1.54, 1.807) is 4.90 Å². The zero-order valence-electron chi connectivity index (χ0n) is 11.4. The Kier molecular flexibility index (Phi) is 5.85. The molecule has 1 rings (SSSR count). The maximum atomic E-state index is 12.5. The van der Waals surface area contributed by atoms with Gasteiger partial charge in [0.2, 0.25) is 5.91 Å². The summed E-state index contributed by atoms with van der Waals surface area (Å²) >= 11 is 0. The fourth-order valence-corrected chi connectivity index (χ4v) is 2.03. The van der Waals surface area contributed by atoms with E-state index in [1.165, 1.54) is 0 Å². The first-order chi connectivity index (χ1) is 9.13. The fourth-order valence-electron chi connectivity index (χ4n) is 2.03. The summed E-state index contributed by atoms with van der Waals surface area (Å²) in [6, 6.07) is 9.66. The number of benzene rings is 1. The molecular formula is C14H21N3O2. The Morgan fingerprint density at radius 1 is 1.37 bits per heavy atom. The summed E-state index contributed by atoms with van der Waals surface area (Å²) in [4.78, 5) is 14.1. The second-order valence-corrected chi connectivity index (χ2v) is 4.32. The topological polar surface area (TPSA) is 78.9 Å². The number of hydrogen-bond donors (Lipinski definition) is 2. The first-order valence-corrected chi connectivity index (χ1v) is 6.44. The van der Waals surface area contributed by atoms with Gasteiger partial charge in [0.15, 0.2) is 5.84 Å². The van der Waals surface area contributed by atoms with Crippen LogP contribution in [0.3, 0.4) is 0 Å². The van der Waals surface area contributed by atoms with Crippen LogP contribution in [0.1, 0.15) is 31.7 Å². The Bertz CT molecular complexity index is 432. The molecule has 0 aliphatic carbocycles. The van der Waals surface area contributed by atoms with Crippen LogP contribution in [0.2, 0.25) is 0 Å². The molecule has 1 aromatic carbocycles. The normalized spacial score (nSPS) is 13.1. The molecule has 0 saturated carbocycles. The van der Waals surface area contributed by atoms with Gasteiger partial charge in [0.1, 0.15) is 0 Å². The minimum Gasteiger partial charge on any atom is -0.409 e. The van der Waals surface area contributed by atoms with Gasteiger partial charge in [-0.3, -0.25) is 4.79 Å². The van der Waals surface area contributed by atoms with Crippen molar-refractivity contribution < 1.29 is 10.0 Å². The van der Waals surface area contributed by atoms with Crippen molar-refractivity contribution in [1.82, 2.24) is 4.90 Å². The van der Waals surface area contributed by atoms with Gasteiger partial charge in [-0.05, 0) is 18.9 Å². The number of likely N-dealkylation sites (N-methyl/N-ethyl adjacent to an activating group) is 1. The number of carbonyl (C=O) groups excluding carboxylic acids is 1. The molecule has 1 unspecified atom stereocenters. The summed E-state index contributed by atoms with van der Waals surface area (Å²) < 4.78 is 0. The molecule has 0 heterocycles. The fraction of sp³-hybridized carbons (Fsp3) is 0.429. The molecular weight excluding hydrogens is 242 g/mol. The molecule has 0 bridgehead atoms. The van der Waals surface area contributed by atoms with Gasteiger partial charge in [-0.2, -0.15) is 0 Å². The number of oxime groups is 1. The zero-order valence-corrected chi connectivity index (χ0v) is 11.4. The third-order valence-electron chi connectivity index (χ3n) is 3.08. The van der Waals surface area contributed by atoms with Gasteiger partial charge < -0.3 is 15.8 Å². The van der Waals surface area contributed by atoms with Crippen LogP contribution in [-0.2, 0) is 4.79 Å². The SMILES string of the molecule is CCC(C(=O)N(CC)CC(N)=NO)c1ccccc1. The summed E-state index contributed by atoms with van der Waals surface area (Å²) in [7, 11) is 0. The van der Waals surface area contributed by atoms with Crippen molar-refractivity contribution in [2.75, 3.05) is 13.1 Å². The summed E-state index contributed by atoms with van der Waals surface area (Å²) in [6.45, 7) is 4.53. The number of hydrogen-bond acceptors (Lipinski definition) is 3. The molecule has 0 aromatic heterocycles. The lowest BCUT2D eigenvalue weighted by atomic mass is 9.95. The van der Waals surface area contributed by atoms with Crippen LogP contribution in [0.15, 0.2) is 35.5 Å². The molecule has 0 aliphatic heterocycles. The van der Waals surface area contributed by atoms with Crippen molar-refractivity contribution >= 4 is 11.7 Å². The van der Waals surface area contributed by atoms with E-state index in [0.29, 0.717) is 6.54 Å². The molecule has 0 fully saturated rings. The Morgan fingerprint density at radius 2 is 2.00 bits per heavy atom. The first kappa shape index (κ1) is 15.0. The van der Waals surface area contributed by atoms with Crippen LogP contribution in [0.4, 0.5) is 0 Å². The highest BCUT2D eigenvalue weighted by Crippen LogP contribution is 2.21. The van der Waals surface area contributed by atoms with Crippen LogP contribution in [-0.4, -0.2) is 34.9 Å². The largest absolute Gasteiger partial charge is 0.409 e. The van der Waals surface area contributed by atoms with E-state index >= 15 is 0 Å². The Morgan fingerprint density at radius 3 is 2.47 bits per heavy atom. The van der Waals surface area contributed by atoms with Crippen LogP contribution < -0.4 is 5.73 Å². The highest BCUT2D eigenvalue weighted by atomic mass is 16.4. The minimum absolute atomic E-state index is 0.00259. The highest BCUT2D eigenvalue weighted by molar-refractivity contribution is 5.89. The number of nitrogens with zero attached hydrogens (tertiary/aromatic N) is 2. The van der Waals surface area contributed by atoms with Crippen LogP contribution in [0.5, 0.6) is 0 Å². The van der Waals surface area contributed by atoms with Gasteiger partial charge >= 0.3 is 0 Å². The van der Waals surface area contributed by atoms with Crippen LogP contribution >= 0.6 is 0 Å². The molecule has 1 atom stereocenters. The molecule has 19 heavy (non-hydrogen) atoms. The quantitative estimate of drug-likeness (QED) is 0.355. The third kappa shape index (κ3) is 3.98. The number of nitrogens with two attached hydrogens (primary N) is 1. The summed E-state index contributed by atoms with van der Waals surface area (Å²) in [5.41, 5.74) is 6.47. The summed E-state index contributed by atoms with van der Waals surface area (Å²) in [6.07, 6.45) is 0.718. The lowest BCUT2D eigenvalue weighted by Gasteiger charge is -2.25. The van der Waals surface area contributed by atoms with E-state index in [-0.39, 0.29) is 24.2 Å². The van der Waals surface area contributed by atoms with Gasteiger partial charge in [-0.1, -0.05) is 42.4 Å². The molecule has 1 aromatic rings. The number of amides is 1. The second kappa shape index (κ2) is 7.41. The van der Waals surface area contributed by atoms with E-state index in [9.17, 15) is 4.79 Å². The molecule has 0 saturated heterocycles. The Labute approximate surface area is 113 Å². The number of amidine groups is 1. The van der Waals surface area contributed by atoms with Crippen LogP contribution in [0, 0.1) is 0 Å². The minimum atomic E-state index is -0.187. The standard InChI is InChI=1S/C14H21N3O2/c1-3-12(11-8-6-5-7-9-11)14(18)17(4-2)10-13(15)16-19/h5-9,12,19H,3-4,10H2,1-2H3,(H2,15,16). The Hall–Kier alpha value is -2.04. The monoisotopic (exact) mass is 263 g/mol. The smallest absolute Gasteiger partial charge is 0.230 e. The average molecular weight is 263 g/mol. The van der Waals surface area contributed by atoms with Crippen molar-refractivity contribution in [1.29, 1.82) is 0 Å². The molecule has 1 amide bonds. The van der Waals surface area contributed by atoms with E-state index in [0.717, 1.165) is 12.0 Å². The van der Waals surface area contributed by atoms with Crippen molar-refractivity contribution in [3.63, 3.8) is 0 Å². The lowest BCUT2D eigenvalue weighted by molar-refractivity contribution is -0.132. The van der Waals surface area contributed by atoms with E-state index in [1.807, 2.05) is 44.2 Å². The molecule has 0 aliphatic rings. The van der Waals surface area contributed by atoms with E-state index in [2.05, 4.69) is 5.16 Å². The van der Waals surface area contributed by atoms with Gasteiger partial charge in [0, 0.05) is 6.54 Å². The number of rotatable bonds is 6. The predicted molar refractivity (Wildman–Crippen MR) is 75.1 cm³/mol. The van der Waals surface area contributed by atoms with Crippen molar-refractivity contribution in [2.45, 2.75) is 26.2 Å². The van der Waals surface area contributed by atoms with Gasteiger partial charge in [-0.25, -0.2) is 0 Å². The first-order valence-electron chi connectivity index (χ1n) is 6.44. The summed E-state index contributed by atoms with van der Waals surface area (Å²) in [5, 5.41) is 11.5. The molecule has 5 nitrogen and oxygen atoms in total. The maximum absolute atomic E-state index is 12.5. The van der Waals surface area contributed by atoms with Gasteiger partial charge in [0.05, 0.1) is 12.5 Å². The van der Waals surface area contributed by atoms with Crippen molar-refractivity contribution in [2.24, 2.45) is 10.9 Å². The average Bonchev–Trinajstić information content (AvgIpc) is 2.46. The zero-order chi connectivity index (χ0) is 14.3. The van der Waals surface area contributed by atoms with Gasteiger partial charge in [0.25, 0.3) is 0 Å². The predicted octanol–water partition coefficient (Wildman–Crippen LogP) is 1.78. The highest BCUT2D eigenvalue weighted by Gasteiger charge is 2.23. The van der Waals surface area contributed by atoms with E-state index in [4.69, 9.17) is 10.9 Å². The molecule has 0 radical (unpaired) electrons. The molecule has 5 heteroatoms. The van der Waals surface area contributed by atoms with Crippen molar-refractivity contribution in [3.8, 4) is 0 Å². The Balaban J connectivity index is 2.88.